The van der Waals surface area contributed by atoms with Crippen LogP contribution in [0.2, 0.25) is 0 Å². The van der Waals surface area contributed by atoms with Crippen molar-refractivity contribution in [3.05, 3.63) is 23.8 Å². The predicted molar refractivity (Wildman–Crippen MR) is 93.4 cm³/mol. The minimum Gasteiger partial charge on any atom is -0.482 e. The second kappa shape index (κ2) is 6.46. The predicted octanol–water partition coefficient (Wildman–Crippen LogP) is 2.72. The smallest absolute Gasteiger partial charge is 0.265 e. The fourth-order valence-electron chi connectivity index (χ4n) is 3.20. The number of hydrogen-bond acceptors (Lipinski definition) is 3. The third kappa shape index (κ3) is 3.12. The Bertz CT molecular complexity index is 648. The number of benzene rings is 1. The van der Waals surface area contributed by atoms with Crippen LogP contribution >= 0.6 is 0 Å². The number of likely N-dealkylation sites (tertiary alicyclic amines) is 1. The Morgan fingerprint density at radius 1 is 1.25 bits per heavy atom. The maximum absolute atomic E-state index is 12.5. The zero-order chi connectivity index (χ0) is 17.3. The molecule has 0 aliphatic carbocycles. The number of hydrogen-bond donors (Lipinski definition) is 0. The largest absolute Gasteiger partial charge is 0.482 e. The van der Waals surface area contributed by atoms with E-state index in [1.807, 2.05) is 17.0 Å². The molecule has 1 saturated heterocycles. The first-order valence-corrected chi connectivity index (χ1v) is 8.78. The molecule has 2 aliphatic rings. The molecule has 1 aromatic carbocycles. The van der Waals surface area contributed by atoms with E-state index >= 15 is 0 Å². The molecule has 1 aromatic rings. The quantitative estimate of drug-likeness (QED) is 0.853. The molecular formula is C19H26N2O3. The van der Waals surface area contributed by atoms with E-state index in [1.54, 1.807) is 4.90 Å². The molecule has 24 heavy (non-hydrogen) atoms. The van der Waals surface area contributed by atoms with Crippen molar-refractivity contribution < 1.29 is 14.3 Å². The minimum atomic E-state index is -0.151. The molecule has 1 fully saturated rings. The molecule has 0 atom stereocenters. The van der Waals surface area contributed by atoms with Crippen LogP contribution in [0.4, 0.5) is 5.69 Å². The molecule has 3 rings (SSSR count). The third-order valence-electron chi connectivity index (χ3n) is 5.32. The van der Waals surface area contributed by atoms with Gasteiger partial charge in [-0.05, 0) is 42.4 Å². The molecule has 5 nitrogen and oxygen atoms in total. The van der Waals surface area contributed by atoms with Crippen molar-refractivity contribution in [3.8, 4) is 5.75 Å². The van der Waals surface area contributed by atoms with Crippen LogP contribution < -0.4 is 9.64 Å². The molecular weight excluding hydrogens is 304 g/mol. The fourth-order valence-corrected chi connectivity index (χ4v) is 3.20. The van der Waals surface area contributed by atoms with E-state index in [0.717, 1.165) is 43.6 Å². The van der Waals surface area contributed by atoms with Crippen molar-refractivity contribution in [2.45, 2.75) is 45.4 Å². The Kier molecular flexibility index (Phi) is 4.52. The third-order valence-corrected chi connectivity index (χ3v) is 5.32. The van der Waals surface area contributed by atoms with Crippen LogP contribution in [0.25, 0.3) is 0 Å². The fraction of sp³-hybridized carbons (Fsp3) is 0.579. The summed E-state index contributed by atoms with van der Waals surface area (Å²) in [5.41, 5.74) is 1.89. The standard InChI is InChI=1S/C19H26N2O3/c1-4-19(2,3)14-7-8-16-15(11-14)21(18(23)13-24-16)12-17(22)20-9-5-6-10-20/h7-8,11H,4-6,9-10,12-13H2,1-3H3. The van der Waals surface area contributed by atoms with Gasteiger partial charge < -0.3 is 9.64 Å². The number of nitrogens with zero attached hydrogens (tertiary/aromatic N) is 2. The SMILES string of the molecule is CCC(C)(C)c1ccc2c(c1)N(CC(=O)N1CCCC1)C(=O)CO2. The van der Waals surface area contributed by atoms with E-state index in [1.165, 1.54) is 0 Å². The topological polar surface area (TPSA) is 49.9 Å². The zero-order valence-electron chi connectivity index (χ0n) is 14.8. The highest BCUT2D eigenvalue weighted by Gasteiger charge is 2.31. The van der Waals surface area contributed by atoms with Crippen molar-refractivity contribution in [2.24, 2.45) is 0 Å². The molecule has 2 heterocycles. The number of amides is 2. The summed E-state index contributed by atoms with van der Waals surface area (Å²) in [5.74, 6) is 0.551. The average Bonchev–Trinajstić information content (AvgIpc) is 3.11. The number of carbonyl (C=O) groups excluding carboxylic acids is 2. The van der Waals surface area contributed by atoms with Gasteiger partial charge >= 0.3 is 0 Å². The van der Waals surface area contributed by atoms with Gasteiger partial charge in [-0.25, -0.2) is 0 Å². The molecule has 130 valence electrons. The lowest BCUT2D eigenvalue weighted by atomic mass is 9.82. The van der Waals surface area contributed by atoms with Gasteiger partial charge in [0.25, 0.3) is 5.91 Å². The summed E-state index contributed by atoms with van der Waals surface area (Å²) < 4.78 is 5.56. The summed E-state index contributed by atoms with van der Waals surface area (Å²) in [6.45, 7) is 8.21. The van der Waals surface area contributed by atoms with E-state index in [0.29, 0.717) is 5.75 Å². The first-order chi connectivity index (χ1) is 11.4. The minimum absolute atomic E-state index is 0.00318. The number of anilines is 1. The first kappa shape index (κ1) is 16.8. The Hall–Kier alpha value is -2.04. The lowest BCUT2D eigenvalue weighted by Crippen LogP contribution is -2.46. The maximum atomic E-state index is 12.5. The molecule has 2 amide bonds. The summed E-state index contributed by atoms with van der Waals surface area (Å²) in [7, 11) is 0. The molecule has 5 heteroatoms. The summed E-state index contributed by atoms with van der Waals surface area (Å²) in [6.07, 6.45) is 3.09. The first-order valence-electron chi connectivity index (χ1n) is 8.78. The van der Waals surface area contributed by atoms with Crippen LogP contribution in [0.3, 0.4) is 0 Å². The van der Waals surface area contributed by atoms with Gasteiger partial charge in [0.05, 0.1) is 5.69 Å². The monoisotopic (exact) mass is 330 g/mol. The molecule has 0 radical (unpaired) electrons. The molecule has 0 unspecified atom stereocenters. The summed E-state index contributed by atoms with van der Waals surface area (Å²) in [6, 6.07) is 5.98. The summed E-state index contributed by atoms with van der Waals surface area (Å²) >= 11 is 0. The van der Waals surface area contributed by atoms with E-state index < -0.39 is 0 Å². The molecule has 0 bridgehead atoms. The second-order valence-corrected chi connectivity index (χ2v) is 7.28. The van der Waals surface area contributed by atoms with Crippen LogP contribution in [0.1, 0.15) is 45.6 Å². The Morgan fingerprint density at radius 3 is 2.62 bits per heavy atom. The second-order valence-electron chi connectivity index (χ2n) is 7.28. The van der Waals surface area contributed by atoms with Gasteiger partial charge in [-0.15, -0.1) is 0 Å². The van der Waals surface area contributed by atoms with Crippen LogP contribution in [0.15, 0.2) is 18.2 Å². The van der Waals surface area contributed by atoms with Crippen LogP contribution in [-0.2, 0) is 15.0 Å². The van der Waals surface area contributed by atoms with E-state index in [4.69, 9.17) is 4.74 Å². The maximum Gasteiger partial charge on any atom is 0.265 e. The number of ether oxygens (including phenoxy) is 1. The summed E-state index contributed by atoms with van der Waals surface area (Å²) in [5, 5.41) is 0. The lowest BCUT2D eigenvalue weighted by Gasteiger charge is -2.32. The van der Waals surface area contributed by atoms with Gasteiger partial charge in [0.1, 0.15) is 12.3 Å². The number of rotatable bonds is 4. The van der Waals surface area contributed by atoms with Crippen LogP contribution in [-0.4, -0.2) is 43.0 Å². The van der Waals surface area contributed by atoms with Crippen molar-refractivity contribution >= 4 is 17.5 Å². The Morgan fingerprint density at radius 2 is 1.96 bits per heavy atom. The van der Waals surface area contributed by atoms with Crippen molar-refractivity contribution in [1.82, 2.24) is 4.90 Å². The molecule has 0 saturated carbocycles. The van der Waals surface area contributed by atoms with Gasteiger partial charge in [0, 0.05) is 13.1 Å². The van der Waals surface area contributed by atoms with Gasteiger partial charge in [-0.1, -0.05) is 26.8 Å². The van der Waals surface area contributed by atoms with Crippen molar-refractivity contribution in [3.63, 3.8) is 0 Å². The average molecular weight is 330 g/mol. The highest BCUT2D eigenvalue weighted by atomic mass is 16.5. The summed E-state index contributed by atoms with van der Waals surface area (Å²) in [4.78, 5) is 28.3. The van der Waals surface area contributed by atoms with Gasteiger partial charge in [0.15, 0.2) is 6.61 Å². The van der Waals surface area contributed by atoms with E-state index in [2.05, 4.69) is 26.8 Å². The zero-order valence-corrected chi connectivity index (χ0v) is 14.8. The molecule has 2 aliphatic heterocycles. The highest BCUT2D eigenvalue weighted by Crippen LogP contribution is 2.37. The Labute approximate surface area is 143 Å². The number of fused-ring (bicyclic) bond motifs is 1. The van der Waals surface area contributed by atoms with Gasteiger partial charge in [-0.2, -0.15) is 0 Å². The van der Waals surface area contributed by atoms with E-state index in [-0.39, 0.29) is 30.4 Å². The highest BCUT2D eigenvalue weighted by molar-refractivity contribution is 6.02. The van der Waals surface area contributed by atoms with E-state index in [9.17, 15) is 9.59 Å². The van der Waals surface area contributed by atoms with Crippen molar-refractivity contribution in [2.75, 3.05) is 31.1 Å². The lowest BCUT2D eigenvalue weighted by molar-refractivity contribution is -0.131. The van der Waals surface area contributed by atoms with Crippen LogP contribution in [0.5, 0.6) is 5.75 Å². The van der Waals surface area contributed by atoms with Gasteiger partial charge in [-0.3, -0.25) is 14.5 Å². The normalized spacial score (nSPS) is 17.7. The van der Waals surface area contributed by atoms with Crippen molar-refractivity contribution in [1.29, 1.82) is 0 Å². The number of carbonyl (C=O) groups is 2. The van der Waals surface area contributed by atoms with Gasteiger partial charge in [0.2, 0.25) is 5.91 Å². The Balaban J connectivity index is 1.89. The molecule has 0 aromatic heterocycles. The molecule has 0 spiro atoms. The molecule has 0 N–H and O–H groups in total. The van der Waals surface area contributed by atoms with Crippen LogP contribution in [0, 0.1) is 0 Å².